The van der Waals surface area contributed by atoms with E-state index in [1.165, 1.54) is 0 Å². The van der Waals surface area contributed by atoms with Gasteiger partial charge in [-0.2, -0.15) is 0 Å². The van der Waals surface area contributed by atoms with E-state index >= 15 is 0 Å². The van der Waals surface area contributed by atoms with Crippen LogP contribution in [0, 0.1) is 13.8 Å². The van der Waals surface area contributed by atoms with Gasteiger partial charge >= 0.3 is 0 Å². The highest BCUT2D eigenvalue weighted by molar-refractivity contribution is 6.31. The highest BCUT2D eigenvalue weighted by atomic mass is 35.5. The highest BCUT2D eigenvalue weighted by Crippen LogP contribution is 2.19. The monoisotopic (exact) mass is 317 g/mol. The minimum absolute atomic E-state index is 0.0507. The van der Waals surface area contributed by atoms with Crippen LogP contribution in [0.15, 0.2) is 42.5 Å². The number of rotatable bonds is 6. The van der Waals surface area contributed by atoms with Crippen molar-refractivity contribution in [2.75, 3.05) is 6.61 Å². The summed E-state index contributed by atoms with van der Waals surface area (Å²) in [7, 11) is 0. The van der Waals surface area contributed by atoms with E-state index in [2.05, 4.69) is 5.32 Å². The summed E-state index contributed by atoms with van der Waals surface area (Å²) in [4.78, 5) is 11.8. The van der Waals surface area contributed by atoms with Gasteiger partial charge in [0.1, 0.15) is 5.75 Å². The molecule has 0 aliphatic rings. The summed E-state index contributed by atoms with van der Waals surface area (Å²) < 4.78 is 5.68. The smallest absolute Gasteiger partial charge is 0.223 e. The molecule has 0 aliphatic carbocycles. The molecular weight excluding hydrogens is 298 g/mol. The van der Waals surface area contributed by atoms with E-state index in [-0.39, 0.29) is 5.91 Å². The molecule has 2 aromatic carbocycles. The van der Waals surface area contributed by atoms with Gasteiger partial charge in [-0.15, -0.1) is 0 Å². The fourth-order valence-electron chi connectivity index (χ4n) is 2.04. The third-order valence-electron chi connectivity index (χ3n) is 3.36. The van der Waals surface area contributed by atoms with Crippen LogP contribution < -0.4 is 10.1 Å². The van der Waals surface area contributed by atoms with Crippen molar-refractivity contribution >= 4 is 17.5 Å². The topological polar surface area (TPSA) is 38.3 Å². The molecule has 0 fully saturated rings. The van der Waals surface area contributed by atoms with E-state index < -0.39 is 0 Å². The van der Waals surface area contributed by atoms with Gasteiger partial charge in [0.2, 0.25) is 5.91 Å². The molecule has 0 heterocycles. The number of benzene rings is 2. The number of hydrogen-bond acceptors (Lipinski definition) is 2. The molecule has 0 unspecified atom stereocenters. The molecule has 1 amide bonds. The second-order valence-corrected chi connectivity index (χ2v) is 5.64. The minimum Gasteiger partial charge on any atom is -0.493 e. The number of halogens is 1. The number of ether oxygens (including phenoxy) is 1. The Morgan fingerprint density at radius 2 is 1.95 bits per heavy atom. The van der Waals surface area contributed by atoms with Crippen LogP contribution in [0.2, 0.25) is 5.02 Å². The molecule has 2 aromatic rings. The van der Waals surface area contributed by atoms with Crippen molar-refractivity contribution in [2.24, 2.45) is 0 Å². The first-order chi connectivity index (χ1) is 10.6. The third-order valence-corrected chi connectivity index (χ3v) is 3.73. The van der Waals surface area contributed by atoms with Crippen LogP contribution in [-0.2, 0) is 11.3 Å². The molecule has 2 rings (SSSR count). The summed E-state index contributed by atoms with van der Waals surface area (Å²) in [5.41, 5.74) is 3.12. The Morgan fingerprint density at radius 1 is 1.18 bits per heavy atom. The molecule has 22 heavy (non-hydrogen) atoms. The van der Waals surface area contributed by atoms with Crippen LogP contribution in [0.25, 0.3) is 0 Å². The maximum absolute atomic E-state index is 11.8. The van der Waals surface area contributed by atoms with E-state index in [9.17, 15) is 4.79 Å². The second-order valence-electron chi connectivity index (χ2n) is 5.24. The van der Waals surface area contributed by atoms with Crippen molar-refractivity contribution in [3.63, 3.8) is 0 Å². The van der Waals surface area contributed by atoms with E-state index in [0.29, 0.717) is 24.6 Å². The summed E-state index contributed by atoms with van der Waals surface area (Å²) >= 11 is 6.05. The van der Waals surface area contributed by atoms with Crippen molar-refractivity contribution in [1.82, 2.24) is 5.32 Å². The Kier molecular flexibility index (Phi) is 5.84. The lowest BCUT2D eigenvalue weighted by Gasteiger charge is -2.10. The zero-order valence-electron chi connectivity index (χ0n) is 12.9. The van der Waals surface area contributed by atoms with Crippen molar-refractivity contribution < 1.29 is 9.53 Å². The Labute approximate surface area is 136 Å². The molecule has 4 heteroatoms. The van der Waals surface area contributed by atoms with Crippen LogP contribution in [-0.4, -0.2) is 12.5 Å². The fourth-order valence-corrected chi connectivity index (χ4v) is 2.24. The molecule has 1 N–H and O–H groups in total. The summed E-state index contributed by atoms with van der Waals surface area (Å²) in [6.07, 6.45) is 0.317. The molecule has 0 spiro atoms. The van der Waals surface area contributed by atoms with E-state index in [4.69, 9.17) is 16.3 Å². The minimum atomic E-state index is -0.0507. The standard InChI is InChI=1S/C18H20ClNO2/c1-13-7-8-14(2)17(11-13)22-10-9-18(21)20-12-15-5-3-4-6-16(15)19/h3-8,11H,9-10,12H2,1-2H3,(H,20,21). The first kappa shape index (κ1) is 16.4. The Bertz CT molecular complexity index is 655. The van der Waals surface area contributed by atoms with E-state index in [1.807, 2.05) is 56.3 Å². The fraction of sp³-hybridized carbons (Fsp3) is 0.278. The van der Waals surface area contributed by atoms with Crippen molar-refractivity contribution in [1.29, 1.82) is 0 Å². The number of nitrogens with one attached hydrogen (secondary N) is 1. The van der Waals surface area contributed by atoms with Gasteiger partial charge in [0.05, 0.1) is 13.0 Å². The lowest BCUT2D eigenvalue weighted by atomic mass is 10.1. The predicted octanol–water partition coefficient (Wildman–Crippen LogP) is 4.04. The van der Waals surface area contributed by atoms with Gasteiger partial charge in [0.15, 0.2) is 0 Å². The Morgan fingerprint density at radius 3 is 2.73 bits per heavy atom. The molecule has 0 aromatic heterocycles. The lowest BCUT2D eigenvalue weighted by Crippen LogP contribution is -2.24. The van der Waals surface area contributed by atoms with Crippen LogP contribution in [0.5, 0.6) is 5.75 Å². The second kappa shape index (κ2) is 7.85. The lowest BCUT2D eigenvalue weighted by molar-refractivity contribution is -0.121. The Hall–Kier alpha value is -2.00. The molecule has 116 valence electrons. The van der Waals surface area contributed by atoms with E-state index in [0.717, 1.165) is 22.4 Å². The number of aryl methyl sites for hydroxylation is 2. The molecular formula is C18H20ClNO2. The van der Waals surface area contributed by atoms with Crippen LogP contribution >= 0.6 is 11.6 Å². The highest BCUT2D eigenvalue weighted by Gasteiger charge is 2.05. The number of carbonyl (C=O) groups excluding carboxylic acids is 1. The predicted molar refractivity (Wildman–Crippen MR) is 89.3 cm³/mol. The SMILES string of the molecule is Cc1ccc(C)c(OCCC(=O)NCc2ccccc2Cl)c1. The molecule has 0 atom stereocenters. The number of amides is 1. The third kappa shape index (κ3) is 4.78. The zero-order chi connectivity index (χ0) is 15.9. The van der Waals surface area contributed by atoms with Crippen LogP contribution in [0.3, 0.4) is 0 Å². The van der Waals surface area contributed by atoms with Gasteiger partial charge < -0.3 is 10.1 Å². The van der Waals surface area contributed by atoms with Gasteiger partial charge in [-0.05, 0) is 42.7 Å². The van der Waals surface area contributed by atoms with Crippen LogP contribution in [0.4, 0.5) is 0 Å². The molecule has 0 radical (unpaired) electrons. The molecule has 0 saturated carbocycles. The molecule has 3 nitrogen and oxygen atoms in total. The van der Waals surface area contributed by atoms with Crippen molar-refractivity contribution in [3.8, 4) is 5.75 Å². The van der Waals surface area contributed by atoms with Gasteiger partial charge in [-0.1, -0.05) is 41.9 Å². The van der Waals surface area contributed by atoms with E-state index in [1.54, 1.807) is 0 Å². The quantitative estimate of drug-likeness (QED) is 0.873. The number of carbonyl (C=O) groups is 1. The number of hydrogen-bond donors (Lipinski definition) is 1. The Balaban J connectivity index is 1.76. The first-order valence-corrected chi connectivity index (χ1v) is 7.64. The maximum atomic E-state index is 11.8. The summed E-state index contributed by atoms with van der Waals surface area (Å²) in [5, 5.41) is 3.51. The van der Waals surface area contributed by atoms with Gasteiger partial charge in [-0.25, -0.2) is 0 Å². The molecule has 0 bridgehead atoms. The molecule has 0 saturated heterocycles. The summed E-state index contributed by atoms with van der Waals surface area (Å²) in [5.74, 6) is 0.782. The largest absolute Gasteiger partial charge is 0.493 e. The van der Waals surface area contributed by atoms with Gasteiger partial charge in [0.25, 0.3) is 0 Å². The molecule has 0 aliphatic heterocycles. The summed E-state index contributed by atoms with van der Waals surface area (Å²) in [6, 6.07) is 13.5. The zero-order valence-corrected chi connectivity index (χ0v) is 13.6. The van der Waals surface area contributed by atoms with Crippen LogP contribution in [0.1, 0.15) is 23.1 Å². The average Bonchev–Trinajstić information content (AvgIpc) is 2.50. The normalized spacial score (nSPS) is 10.3. The maximum Gasteiger partial charge on any atom is 0.223 e. The average molecular weight is 318 g/mol. The van der Waals surface area contributed by atoms with Crippen molar-refractivity contribution in [3.05, 3.63) is 64.2 Å². The van der Waals surface area contributed by atoms with Gasteiger partial charge in [0, 0.05) is 11.6 Å². The van der Waals surface area contributed by atoms with Crippen molar-refractivity contribution in [2.45, 2.75) is 26.8 Å². The first-order valence-electron chi connectivity index (χ1n) is 7.26. The summed E-state index contributed by atoms with van der Waals surface area (Å²) in [6.45, 7) is 4.80. The van der Waals surface area contributed by atoms with Gasteiger partial charge in [-0.3, -0.25) is 4.79 Å².